The van der Waals surface area contributed by atoms with Crippen molar-refractivity contribution in [2.24, 2.45) is 0 Å². The van der Waals surface area contributed by atoms with Gasteiger partial charge in [0.15, 0.2) is 5.65 Å². The number of ether oxygens (including phenoxy) is 4. The first kappa shape index (κ1) is 34.8. The summed E-state index contributed by atoms with van der Waals surface area (Å²) >= 11 is 4.77. The molecule has 8 rings (SSSR count). The third-order valence-electron chi connectivity index (χ3n) is 9.61. The molecule has 268 valence electrons. The van der Waals surface area contributed by atoms with E-state index in [1.54, 1.807) is 22.7 Å². The zero-order valence-electron chi connectivity index (χ0n) is 29.5. The fourth-order valence-electron chi connectivity index (χ4n) is 7.47. The van der Waals surface area contributed by atoms with Gasteiger partial charge in [-0.2, -0.15) is 0 Å². The predicted molar refractivity (Wildman–Crippen MR) is 210 cm³/mol. The molecule has 0 aliphatic heterocycles. The van der Waals surface area contributed by atoms with Gasteiger partial charge in [-0.3, -0.25) is 18.4 Å². The van der Waals surface area contributed by atoms with Gasteiger partial charge in [0.25, 0.3) is 11.1 Å². The Kier molecular flexibility index (Phi) is 9.96. The van der Waals surface area contributed by atoms with E-state index in [9.17, 15) is 9.59 Å². The van der Waals surface area contributed by atoms with E-state index >= 15 is 0 Å². The third kappa shape index (κ3) is 5.72. The molecule has 0 aliphatic carbocycles. The Bertz CT molecular complexity index is 2610. The standard InChI is InChI=1S/C38H42N4O6S3/c1-5-9-21-25(13-15-47-19-17-45-7-3)49-35-29(21)41-33(39-35)23-11-12-24-28-27(23)32(38(41)44)51-31(28)34-40-36-30(42(34)37(24)43)22(10-6-2)26(50-36)14-16-48-20-18-46-8-4/h11-12H,5-10,13-20H2,1-4H3. The van der Waals surface area contributed by atoms with Gasteiger partial charge in [0.2, 0.25) is 0 Å². The SMILES string of the molecule is CCCc1c(CCOCCOCC)sc2nc3c4ccc5c(=O)n6c(nc7sc(CCOCCOCC)c(CCC)c76)c6sc(c(=O)n3c12)c4c56. The van der Waals surface area contributed by atoms with Gasteiger partial charge in [-0.15, -0.1) is 34.0 Å². The second-order valence-electron chi connectivity index (χ2n) is 12.8. The lowest BCUT2D eigenvalue weighted by molar-refractivity contribution is 0.0542. The van der Waals surface area contributed by atoms with Crippen LogP contribution in [0.2, 0.25) is 0 Å². The molecule has 7 aromatic heterocycles. The van der Waals surface area contributed by atoms with Crippen LogP contribution in [-0.2, 0) is 44.6 Å². The lowest BCUT2D eigenvalue weighted by Gasteiger charge is -2.08. The number of thiophene rings is 3. The van der Waals surface area contributed by atoms with Gasteiger partial charge in [0, 0.05) is 57.4 Å². The van der Waals surface area contributed by atoms with Crippen molar-refractivity contribution in [3.63, 3.8) is 0 Å². The summed E-state index contributed by atoms with van der Waals surface area (Å²) in [6, 6.07) is 3.91. The summed E-state index contributed by atoms with van der Waals surface area (Å²) in [6.07, 6.45) is 5.14. The molecule has 13 heteroatoms. The van der Waals surface area contributed by atoms with E-state index in [1.807, 2.05) is 34.8 Å². The van der Waals surface area contributed by atoms with Gasteiger partial charge in [-0.05, 0) is 49.9 Å². The Hall–Kier alpha value is -3.30. The molecule has 10 nitrogen and oxygen atoms in total. The van der Waals surface area contributed by atoms with Crippen LogP contribution in [0, 0.1) is 0 Å². The van der Waals surface area contributed by atoms with E-state index in [0.717, 1.165) is 80.1 Å². The number of nitrogens with zero attached hydrogens (tertiary/aromatic N) is 4. The highest BCUT2D eigenvalue weighted by Gasteiger charge is 2.28. The molecule has 0 aliphatic rings. The van der Waals surface area contributed by atoms with Gasteiger partial charge in [0.05, 0.1) is 55.4 Å². The van der Waals surface area contributed by atoms with E-state index < -0.39 is 0 Å². The molecule has 8 aromatic rings. The molecule has 0 spiro atoms. The Morgan fingerprint density at radius 2 is 1.08 bits per heavy atom. The summed E-state index contributed by atoms with van der Waals surface area (Å²) in [5.74, 6) is 0. The van der Waals surface area contributed by atoms with Crippen molar-refractivity contribution in [3.05, 3.63) is 53.7 Å². The lowest BCUT2D eigenvalue weighted by Crippen LogP contribution is -2.14. The summed E-state index contributed by atoms with van der Waals surface area (Å²) < 4.78 is 27.7. The van der Waals surface area contributed by atoms with E-state index in [2.05, 4.69) is 13.8 Å². The topological polar surface area (TPSA) is 106 Å². The summed E-state index contributed by atoms with van der Waals surface area (Å²) in [4.78, 5) is 43.4. The minimum atomic E-state index is -0.0914. The van der Waals surface area contributed by atoms with E-state index in [1.165, 1.54) is 32.2 Å². The maximum absolute atomic E-state index is 14.6. The smallest absolute Gasteiger partial charge is 0.274 e. The molecule has 51 heavy (non-hydrogen) atoms. The first-order valence-electron chi connectivity index (χ1n) is 18.1. The minimum Gasteiger partial charge on any atom is -0.379 e. The number of aryl methyl sites for hydroxylation is 2. The Morgan fingerprint density at radius 1 is 0.569 bits per heavy atom. The highest BCUT2D eigenvalue weighted by Crippen LogP contribution is 2.44. The van der Waals surface area contributed by atoms with Crippen LogP contribution in [0.25, 0.3) is 62.9 Å². The van der Waals surface area contributed by atoms with Crippen molar-refractivity contribution in [2.45, 2.75) is 66.2 Å². The fraction of sp³-hybridized carbons (Fsp3) is 0.474. The van der Waals surface area contributed by atoms with E-state index in [-0.39, 0.29) is 11.1 Å². The lowest BCUT2D eigenvalue weighted by atomic mass is 10.0. The van der Waals surface area contributed by atoms with Crippen molar-refractivity contribution >= 4 is 96.9 Å². The molecular weight excluding hydrogens is 705 g/mol. The first-order valence-corrected chi connectivity index (χ1v) is 20.5. The molecule has 0 saturated heterocycles. The predicted octanol–water partition coefficient (Wildman–Crippen LogP) is 7.62. The van der Waals surface area contributed by atoms with Crippen molar-refractivity contribution in [2.75, 3.05) is 52.9 Å². The molecule has 0 N–H and O–H groups in total. The van der Waals surface area contributed by atoms with Crippen LogP contribution in [0.4, 0.5) is 0 Å². The van der Waals surface area contributed by atoms with Crippen molar-refractivity contribution in [1.82, 2.24) is 18.8 Å². The maximum Gasteiger partial charge on any atom is 0.274 e. The number of benzene rings is 1. The number of hydrogen-bond donors (Lipinski definition) is 0. The Labute approximate surface area is 306 Å². The van der Waals surface area contributed by atoms with Crippen LogP contribution in [0.1, 0.15) is 61.4 Å². The van der Waals surface area contributed by atoms with Crippen LogP contribution in [0.3, 0.4) is 0 Å². The van der Waals surface area contributed by atoms with Crippen LogP contribution < -0.4 is 11.1 Å². The number of aromatic nitrogens is 4. The molecule has 0 bridgehead atoms. The fourth-order valence-corrected chi connectivity index (χ4v) is 11.1. The molecule has 0 unspecified atom stereocenters. The Morgan fingerprint density at radius 3 is 1.65 bits per heavy atom. The second kappa shape index (κ2) is 14.6. The van der Waals surface area contributed by atoms with Crippen LogP contribution in [0.15, 0.2) is 21.7 Å². The molecular formula is C38H42N4O6S3. The number of imidazole rings is 2. The third-order valence-corrected chi connectivity index (χ3v) is 13.1. The van der Waals surface area contributed by atoms with Crippen molar-refractivity contribution in [3.8, 4) is 0 Å². The van der Waals surface area contributed by atoms with Crippen LogP contribution in [0.5, 0.6) is 0 Å². The number of rotatable bonds is 18. The summed E-state index contributed by atoms with van der Waals surface area (Å²) in [7, 11) is 0. The average Bonchev–Trinajstić information content (AvgIpc) is 3.93. The molecule has 0 saturated carbocycles. The quantitative estimate of drug-likeness (QED) is 0.0653. The van der Waals surface area contributed by atoms with Gasteiger partial charge in [-0.25, -0.2) is 9.97 Å². The van der Waals surface area contributed by atoms with Crippen LogP contribution in [-0.4, -0.2) is 71.6 Å². The largest absolute Gasteiger partial charge is 0.379 e. The van der Waals surface area contributed by atoms with Gasteiger partial charge < -0.3 is 18.9 Å². The molecule has 7 heterocycles. The maximum atomic E-state index is 14.6. The first-order chi connectivity index (χ1) is 25.0. The molecule has 0 atom stereocenters. The van der Waals surface area contributed by atoms with Crippen molar-refractivity contribution in [1.29, 1.82) is 0 Å². The molecule has 0 amide bonds. The highest BCUT2D eigenvalue weighted by atomic mass is 32.1. The van der Waals surface area contributed by atoms with Crippen LogP contribution >= 0.6 is 34.0 Å². The van der Waals surface area contributed by atoms with E-state index in [4.69, 9.17) is 28.9 Å². The summed E-state index contributed by atoms with van der Waals surface area (Å²) in [5, 5.41) is 3.16. The number of fused-ring (bicyclic) bond motifs is 8. The summed E-state index contributed by atoms with van der Waals surface area (Å²) in [5.41, 5.74) is 5.28. The second-order valence-corrected chi connectivity index (χ2v) is 15.9. The normalized spacial score (nSPS) is 12.7. The average molecular weight is 747 g/mol. The van der Waals surface area contributed by atoms with Crippen molar-refractivity contribution < 1.29 is 18.9 Å². The zero-order valence-corrected chi connectivity index (χ0v) is 32.0. The monoisotopic (exact) mass is 746 g/mol. The highest BCUT2D eigenvalue weighted by molar-refractivity contribution is 7.27. The molecule has 1 aromatic carbocycles. The molecule has 0 fully saturated rings. The summed E-state index contributed by atoms with van der Waals surface area (Å²) in [6.45, 7) is 13.1. The number of pyridine rings is 2. The molecule has 0 radical (unpaired) electrons. The minimum absolute atomic E-state index is 0.0828. The Balaban J connectivity index is 1.27. The van der Waals surface area contributed by atoms with E-state index in [0.29, 0.717) is 74.2 Å². The van der Waals surface area contributed by atoms with Gasteiger partial charge >= 0.3 is 0 Å². The number of hydrogen-bond acceptors (Lipinski definition) is 11. The van der Waals surface area contributed by atoms with Gasteiger partial charge in [0.1, 0.15) is 20.0 Å². The van der Waals surface area contributed by atoms with Gasteiger partial charge in [-0.1, -0.05) is 26.7 Å². The zero-order chi connectivity index (χ0) is 35.2.